The monoisotopic (exact) mass is 339 g/mol. The number of aromatic nitrogens is 1. The lowest BCUT2D eigenvalue weighted by molar-refractivity contribution is 0.493. The lowest BCUT2D eigenvalue weighted by atomic mass is 10.1. The Morgan fingerprint density at radius 2 is 1.62 bits per heavy atom. The molecule has 126 valence electrons. The fourth-order valence-corrected chi connectivity index (χ4v) is 3.75. The van der Waals surface area contributed by atoms with Crippen LogP contribution in [0, 0.1) is 0 Å². The first-order valence-corrected chi connectivity index (χ1v) is 11.2. The van der Waals surface area contributed by atoms with E-state index in [1.165, 1.54) is 0 Å². The molecule has 1 heterocycles. The number of para-hydroxylation sites is 1. The van der Waals surface area contributed by atoms with Crippen LogP contribution in [0.5, 0.6) is 5.75 Å². The van der Waals surface area contributed by atoms with Crippen molar-refractivity contribution in [1.29, 1.82) is 0 Å². The van der Waals surface area contributed by atoms with Gasteiger partial charge < -0.3 is 8.99 Å². The minimum Gasteiger partial charge on any atom is -0.543 e. The maximum atomic E-state index is 12.6. The first-order valence-electron chi connectivity index (χ1n) is 8.32. The Hall–Kier alpha value is -2.07. The van der Waals surface area contributed by atoms with E-state index in [1.807, 2.05) is 43.4 Å². The lowest BCUT2D eigenvalue weighted by Crippen LogP contribution is -2.43. The quantitative estimate of drug-likeness (QED) is 0.482. The summed E-state index contributed by atoms with van der Waals surface area (Å²) in [7, 11) is -0.0849. The molecule has 1 aromatic heterocycles. The van der Waals surface area contributed by atoms with Crippen molar-refractivity contribution in [2.24, 2.45) is 7.05 Å². The molecule has 0 aliphatic carbocycles. The molecule has 0 amide bonds. The van der Waals surface area contributed by atoms with Gasteiger partial charge in [0.25, 0.3) is 5.56 Å². The fourth-order valence-electron chi connectivity index (χ4n) is 2.73. The molecule has 0 N–H and O–H groups in total. The number of aryl methyl sites for hydroxylation is 1. The van der Waals surface area contributed by atoms with Crippen LogP contribution in [0.4, 0.5) is 0 Å². The summed E-state index contributed by atoms with van der Waals surface area (Å²) in [6.45, 7) is 11.2. The van der Waals surface area contributed by atoms with Gasteiger partial charge in [-0.1, -0.05) is 39.0 Å². The maximum Gasteiger partial charge on any atom is 0.258 e. The predicted octanol–water partition coefficient (Wildman–Crippen LogP) is 5.08. The van der Waals surface area contributed by atoms with Crippen molar-refractivity contribution < 1.29 is 4.43 Å². The highest BCUT2D eigenvalue weighted by atomic mass is 28.4. The van der Waals surface area contributed by atoms with Crippen LogP contribution in [0.3, 0.4) is 0 Å². The van der Waals surface area contributed by atoms with Crippen molar-refractivity contribution in [2.45, 2.75) is 38.9 Å². The molecule has 0 radical (unpaired) electrons. The summed E-state index contributed by atoms with van der Waals surface area (Å²) in [4.78, 5) is 12.6. The highest BCUT2D eigenvalue weighted by Gasteiger charge is 2.39. The third-order valence-corrected chi connectivity index (χ3v) is 9.62. The Bertz CT molecular complexity index is 980. The van der Waals surface area contributed by atoms with Gasteiger partial charge in [-0.3, -0.25) is 4.79 Å². The molecule has 24 heavy (non-hydrogen) atoms. The normalized spacial score (nSPS) is 12.8. The second-order valence-corrected chi connectivity index (χ2v) is 12.7. The predicted molar refractivity (Wildman–Crippen MR) is 105 cm³/mol. The van der Waals surface area contributed by atoms with Crippen LogP contribution >= 0.6 is 0 Å². The van der Waals surface area contributed by atoms with Gasteiger partial charge in [0, 0.05) is 23.2 Å². The second-order valence-electron chi connectivity index (χ2n) is 7.95. The van der Waals surface area contributed by atoms with E-state index in [4.69, 9.17) is 4.43 Å². The van der Waals surface area contributed by atoms with Crippen LogP contribution in [-0.4, -0.2) is 12.9 Å². The Kier molecular flexibility index (Phi) is 3.83. The molecule has 4 heteroatoms. The summed E-state index contributed by atoms with van der Waals surface area (Å²) in [6.07, 6.45) is 0. The summed E-state index contributed by atoms with van der Waals surface area (Å²) >= 11 is 0. The fraction of sp³-hybridized carbons (Fsp3) is 0.350. The van der Waals surface area contributed by atoms with Gasteiger partial charge >= 0.3 is 0 Å². The summed E-state index contributed by atoms with van der Waals surface area (Å²) in [5, 5.41) is 2.91. The van der Waals surface area contributed by atoms with Gasteiger partial charge in [0.2, 0.25) is 8.32 Å². The van der Waals surface area contributed by atoms with Crippen molar-refractivity contribution in [1.82, 2.24) is 4.57 Å². The highest BCUT2D eigenvalue weighted by molar-refractivity contribution is 6.74. The standard InChI is InChI=1S/C20H25NO2Si/c1-20(2,3)24(5,6)23-14-11-12-16-17(13-14)15-9-7-8-10-18(15)21(4)19(16)22/h7-13H,1-6H3. The Labute approximate surface area is 144 Å². The second kappa shape index (κ2) is 5.48. The number of fused-ring (bicyclic) bond motifs is 3. The maximum absolute atomic E-state index is 12.6. The van der Waals surface area contributed by atoms with E-state index in [2.05, 4.69) is 39.9 Å². The smallest absolute Gasteiger partial charge is 0.258 e. The van der Waals surface area contributed by atoms with Gasteiger partial charge in [0.1, 0.15) is 5.75 Å². The van der Waals surface area contributed by atoms with E-state index in [9.17, 15) is 4.79 Å². The van der Waals surface area contributed by atoms with E-state index in [0.29, 0.717) is 0 Å². The third kappa shape index (κ3) is 2.65. The first kappa shape index (κ1) is 16.8. The molecule has 3 rings (SSSR count). The van der Waals surface area contributed by atoms with Crippen molar-refractivity contribution in [3.63, 3.8) is 0 Å². The Balaban J connectivity index is 2.24. The zero-order valence-electron chi connectivity index (χ0n) is 15.3. The molecule has 2 aromatic carbocycles. The van der Waals surface area contributed by atoms with Crippen molar-refractivity contribution >= 4 is 30.0 Å². The van der Waals surface area contributed by atoms with Gasteiger partial charge in [-0.2, -0.15) is 0 Å². The molecule has 0 fully saturated rings. The largest absolute Gasteiger partial charge is 0.543 e. The van der Waals surface area contributed by atoms with Crippen molar-refractivity contribution in [2.75, 3.05) is 0 Å². The average molecular weight is 340 g/mol. The zero-order chi connectivity index (χ0) is 17.7. The number of rotatable bonds is 2. The minimum atomic E-state index is -1.91. The van der Waals surface area contributed by atoms with Gasteiger partial charge in [-0.05, 0) is 42.4 Å². The molecule has 0 spiro atoms. The first-order chi connectivity index (χ1) is 11.1. The lowest BCUT2D eigenvalue weighted by Gasteiger charge is -2.36. The van der Waals surface area contributed by atoms with Crippen molar-refractivity contribution in [3.8, 4) is 5.75 Å². The van der Waals surface area contributed by atoms with E-state index in [1.54, 1.807) is 4.57 Å². The molecule has 3 nitrogen and oxygen atoms in total. The summed E-state index contributed by atoms with van der Waals surface area (Å²) in [5.74, 6) is 0.854. The Morgan fingerprint density at radius 3 is 2.29 bits per heavy atom. The molecular formula is C20H25NO2Si. The van der Waals surface area contributed by atoms with E-state index >= 15 is 0 Å². The number of hydrogen-bond donors (Lipinski definition) is 0. The van der Waals surface area contributed by atoms with Crippen LogP contribution in [0.25, 0.3) is 21.7 Å². The molecular weight excluding hydrogens is 314 g/mol. The molecule has 0 atom stereocenters. The minimum absolute atomic E-state index is 0.0302. The SMILES string of the molecule is Cn1c(=O)c2ccc(O[Si](C)(C)C(C)(C)C)cc2c2ccccc21. The van der Waals surface area contributed by atoms with E-state index < -0.39 is 8.32 Å². The van der Waals surface area contributed by atoms with Crippen LogP contribution in [0.1, 0.15) is 20.8 Å². The summed E-state index contributed by atoms with van der Waals surface area (Å²) in [5.41, 5.74) is 0.974. The Morgan fingerprint density at radius 1 is 0.958 bits per heavy atom. The van der Waals surface area contributed by atoms with Crippen LogP contribution < -0.4 is 9.99 Å². The summed E-state index contributed by atoms with van der Waals surface area (Å²) < 4.78 is 8.14. The number of nitrogens with zero attached hydrogens (tertiary/aromatic N) is 1. The van der Waals surface area contributed by atoms with Gasteiger partial charge in [-0.15, -0.1) is 0 Å². The molecule has 0 aliphatic rings. The van der Waals surface area contributed by atoms with E-state index in [-0.39, 0.29) is 10.6 Å². The van der Waals surface area contributed by atoms with Crippen LogP contribution in [-0.2, 0) is 7.05 Å². The van der Waals surface area contributed by atoms with Crippen LogP contribution in [0.2, 0.25) is 18.1 Å². The number of hydrogen-bond acceptors (Lipinski definition) is 2. The molecule has 3 aromatic rings. The molecule has 0 unspecified atom stereocenters. The third-order valence-electron chi connectivity index (χ3n) is 5.26. The van der Waals surface area contributed by atoms with Gasteiger partial charge in [0.15, 0.2) is 0 Å². The van der Waals surface area contributed by atoms with E-state index in [0.717, 1.165) is 27.4 Å². The topological polar surface area (TPSA) is 31.2 Å². The zero-order valence-corrected chi connectivity index (χ0v) is 16.3. The van der Waals surface area contributed by atoms with Gasteiger partial charge in [-0.25, -0.2) is 0 Å². The highest BCUT2D eigenvalue weighted by Crippen LogP contribution is 2.38. The van der Waals surface area contributed by atoms with Crippen molar-refractivity contribution in [3.05, 3.63) is 52.8 Å². The molecule has 0 bridgehead atoms. The van der Waals surface area contributed by atoms with Gasteiger partial charge in [0.05, 0.1) is 5.52 Å². The summed E-state index contributed by atoms with van der Waals surface area (Å²) in [6, 6.07) is 13.9. The molecule has 0 aliphatic heterocycles. The van der Waals surface area contributed by atoms with Crippen LogP contribution in [0.15, 0.2) is 47.3 Å². The molecule has 0 saturated heterocycles. The molecule has 0 saturated carbocycles. The number of benzene rings is 2. The average Bonchev–Trinajstić information content (AvgIpc) is 2.51. The number of pyridine rings is 1.